The minimum Gasteiger partial charge on any atom is -0.264 e. The van der Waals surface area contributed by atoms with Crippen molar-refractivity contribution in [2.45, 2.75) is 31.7 Å². The Morgan fingerprint density at radius 1 is 0.593 bits per heavy atom. The van der Waals surface area contributed by atoms with Crippen LogP contribution >= 0.6 is 0 Å². The largest absolute Gasteiger partial charge is 0.264 e. The van der Waals surface area contributed by atoms with Crippen LogP contribution < -0.4 is 0 Å². The molecule has 0 amide bonds. The van der Waals surface area contributed by atoms with Crippen LogP contribution in [0.4, 0.5) is 0 Å². The molecule has 7 aromatic rings. The Bertz CT molecular complexity index is 2700. The van der Waals surface area contributed by atoms with Gasteiger partial charge in [0.2, 0.25) is 0 Å². The van der Waals surface area contributed by atoms with Gasteiger partial charge in [0.25, 0.3) is 0 Å². The zero-order chi connectivity index (χ0) is 40.3. The molecule has 6 nitrogen and oxygen atoms in total. The number of benzene rings is 4. The highest BCUT2D eigenvalue weighted by Crippen LogP contribution is 2.46. The molecule has 1 unspecified atom stereocenters. The normalized spacial score (nSPS) is 16.1. The minimum absolute atomic E-state index is 0.422. The van der Waals surface area contributed by atoms with Gasteiger partial charge in [-0.3, -0.25) is 19.9 Å². The summed E-state index contributed by atoms with van der Waals surface area (Å²) >= 11 is 0. The molecule has 286 valence electrons. The van der Waals surface area contributed by atoms with E-state index in [2.05, 4.69) is 167 Å². The second-order valence-corrected chi connectivity index (χ2v) is 14.5. The lowest BCUT2D eigenvalue weighted by Crippen LogP contribution is -2.27. The quantitative estimate of drug-likeness (QED) is 0.0790. The number of aliphatic imine (C=N–C) groups is 3. The molecular weight excluding hydrogens is 721 g/mol. The number of hydrogen-bond acceptors (Lipinski definition) is 4. The van der Waals surface area contributed by atoms with Crippen LogP contribution in [-0.2, 0) is 12.0 Å². The molecule has 0 N–H and O–H groups in total. The number of pyridine rings is 3. The van der Waals surface area contributed by atoms with E-state index in [0.29, 0.717) is 18.2 Å². The third-order valence-corrected chi connectivity index (χ3v) is 10.8. The fraction of sp³-hybridized carbons (Fsp3) is 0.0943. The summed E-state index contributed by atoms with van der Waals surface area (Å²) in [5, 5.41) is 0. The number of aromatic nitrogens is 3. The topological polar surface area (TPSA) is 75.8 Å². The molecular formula is C53H44N6. The number of rotatable bonds is 10. The van der Waals surface area contributed by atoms with Crippen LogP contribution in [0.25, 0.3) is 33.4 Å². The van der Waals surface area contributed by atoms with Crippen molar-refractivity contribution in [2.24, 2.45) is 15.0 Å². The van der Waals surface area contributed by atoms with E-state index in [0.717, 1.165) is 51.8 Å². The van der Waals surface area contributed by atoms with E-state index < -0.39 is 5.41 Å². The fourth-order valence-corrected chi connectivity index (χ4v) is 7.69. The Morgan fingerprint density at radius 2 is 1.25 bits per heavy atom. The lowest BCUT2D eigenvalue weighted by molar-refractivity contribution is 0.685. The van der Waals surface area contributed by atoms with Crippen LogP contribution in [0.1, 0.15) is 47.6 Å². The Kier molecular flexibility index (Phi) is 11.9. The Hall–Kier alpha value is -7.44. The molecule has 1 atom stereocenters. The van der Waals surface area contributed by atoms with Crippen LogP contribution in [0.15, 0.2) is 222 Å². The van der Waals surface area contributed by atoms with Crippen molar-refractivity contribution in [3.63, 3.8) is 0 Å². The summed E-state index contributed by atoms with van der Waals surface area (Å²) in [5.74, 6) is 0.972. The molecule has 0 bridgehead atoms. The summed E-state index contributed by atoms with van der Waals surface area (Å²) in [6.45, 7) is 6.52. The molecule has 0 fully saturated rings. The summed E-state index contributed by atoms with van der Waals surface area (Å²) in [7, 11) is 0. The molecule has 0 aliphatic heterocycles. The van der Waals surface area contributed by atoms with Gasteiger partial charge in [-0.05, 0) is 119 Å². The van der Waals surface area contributed by atoms with Crippen molar-refractivity contribution in [3.05, 3.63) is 234 Å². The summed E-state index contributed by atoms with van der Waals surface area (Å²) in [5.41, 5.74) is 12.8. The summed E-state index contributed by atoms with van der Waals surface area (Å²) in [6.07, 6.45) is 24.0. The highest BCUT2D eigenvalue weighted by molar-refractivity contribution is 6.12. The maximum Gasteiger partial charge on any atom is 0.162 e. The SMILES string of the molecule is C=NC(=NC(=NCc1cccc(-c2ccc(-c3ccccc3-c3ccccc3C(C)(C3=C/C/C=C\C/C=C\3)c3cccnc3)cc2)c1)c1cccnc1)c1cccnc1. The maximum atomic E-state index is 4.95. The molecule has 0 radical (unpaired) electrons. The highest BCUT2D eigenvalue weighted by Gasteiger charge is 2.35. The molecule has 3 heterocycles. The zero-order valence-corrected chi connectivity index (χ0v) is 33.1. The van der Waals surface area contributed by atoms with Crippen molar-refractivity contribution in [1.29, 1.82) is 0 Å². The molecule has 0 saturated heterocycles. The lowest BCUT2D eigenvalue weighted by atomic mass is 9.68. The van der Waals surface area contributed by atoms with Gasteiger partial charge in [-0.2, -0.15) is 0 Å². The first kappa shape index (κ1) is 38.4. The van der Waals surface area contributed by atoms with Crippen molar-refractivity contribution in [2.75, 3.05) is 0 Å². The predicted octanol–water partition coefficient (Wildman–Crippen LogP) is 12.1. The van der Waals surface area contributed by atoms with Gasteiger partial charge in [0.15, 0.2) is 11.7 Å². The van der Waals surface area contributed by atoms with Gasteiger partial charge in [0.05, 0.1) is 6.54 Å². The van der Waals surface area contributed by atoms with E-state index in [1.165, 1.54) is 27.8 Å². The average Bonchev–Trinajstić information content (AvgIpc) is 3.30. The smallest absolute Gasteiger partial charge is 0.162 e. The van der Waals surface area contributed by atoms with Gasteiger partial charge in [-0.15, -0.1) is 0 Å². The third kappa shape index (κ3) is 8.63. The van der Waals surface area contributed by atoms with Crippen LogP contribution in [0, 0.1) is 0 Å². The molecule has 4 aromatic carbocycles. The predicted molar refractivity (Wildman–Crippen MR) is 244 cm³/mol. The van der Waals surface area contributed by atoms with Gasteiger partial charge in [0.1, 0.15) is 0 Å². The first-order chi connectivity index (χ1) is 29.1. The average molecular weight is 765 g/mol. The van der Waals surface area contributed by atoms with Crippen molar-refractivity contribution >= 4 is 18.4 Å². The third-order valence-electron chi connectivity index (χ3n) is 10.8. The van der Waals surface area contributed by atoms with Gasteiger partial charge in [-0.25, -0.2) is 9.98 Å². The number of amidine groups is 2. The second kappa shape index (κ2) is 18.2. The summed E-state index contributed by atoms with van der Waals surface area (Å²) in [6, 6.07) is 46.8. The summed E-state index contributed by atoms with van der Waals surface area (Å²) in [4.78, 5) is 27.1. The Morgan fingerprint density at radius 3 is 1.97 bits per heavy atom. The minimum atomic E-state index is -0.437. The standard InChI is InChI=1S/C53H44N6/c1-53(46-22-15-33-57-38-46,45-20-6-4-3-5-7-21-45)50-26-11-10-25-49(50)48-24-9-8-23-47(48)41-29-27-40(28-30-41)42-17-12-16-39(34-42)35-58-52(44-19-14-32-56-37-44)59-51(54-2)43-18-13-31-55-36-43/h3-4,7-34,36-38H,2,5-6,35H2,1H3/b4-3-,21-7-,45-20+,58-52?,59-51?. The molecule has 0 spiro atoms. The Balaban J connectivity index is 1.11. The van der Waals surface area contributed by atoms with Crippen molar-refractivity contribution < 1.29 is 0 Å². The Labute approximate surface area is 346 Å². The van der Waals surface area contributed by atoms with Crippen LogP contribution in [0.3, 0.4) is 0 Å². The molecule has 0 saturated carbocycles. The van der Waals surface area contributed by atoms with E-state index in [-0.39, 0.29) is 0 Å². The highest BCUT2D eigenvalue weighted by atomic mass is 15.0. The van der Waals surface area contributed by atoms with E-state index in [1.54, 1.807) is 24.8 Å². The van der Waals surface area contributed by atoms with Gasteiger partial charge in [-0.1, -0.05) is 127 Å². The second-order valence-electron chi connectivity index (χ2n) is 14.5. The molecule has 8 rings (SSSR count). The summed E-state index contributed by atoms with van der Waals surface area (Å²) < 4.78 is 0. The molecule has 1 aliphatic rings. The van der Waals surface area contributed by atoms with Gasteiger partial charge < -0.3 is 0 Å². The monoisotopic (exact) mass is 764 g/mol. The van der Waals surface area contributed by atoms with Crippen molar-refractivity contribution in [1.82, 2.24) is 15.0 Å². The van der Waals surface area contributed by atoms with E-state index in [9.17, 15) is 0 Å². The van der Waals surface area contributed by atoms with E-state index >= 15 is 0 Å². The number of nitrogens with zero attached hydrogens (tertiary/aromatic N) is 6. The molecule has 3 aromatic heterocycles. The first-order valence-electron chi connectivity index (χ1n) is 19.8. The maximum absolute atomic E-state index is 4.95. The molecule has 59 heavy (non-hydrogen) atoms. The van der Waals surface area contributed by atoms with Crippen LogP contribution in [-0.4, -0.2) is 33.3 Å². The fourth-order valence-electron chi connectivity index (χ4n) is 7.69. The van der Waals surface area contributed by atoms with Gasteiger partial charge in [0, 0.05) is 53.7 Å². The zero-order valence-electron chi connectivity index (χ0n) is 33.1. The van der Waals surface area contributed by atoms with E-state index in [1.807, 2.05) is 42.7 Å². The first-order valence-corrected chi connectivity index (χ1v) is 19.8. The van der Waals surface area contributed by atoms with Crippen LogP contribution in [0.5, 0.6) is 0 Å². The number of hydrogen-bond donors (Lipinski definition) is 0. The lowest BCUT2D eigenvalue weighted by Gasteiger charge is -2.35. The molecule has 6 heteroatoms. The molecule has 1 aliphatic carbocycles. The van der Waals surface area contributed by atoms with Crippen LogP contribution in [0.2, 0.25) is 0 Å². The number of allylic oxidation sites excluding steroid dienone is 6. The van der Waals surface area contributed by atoms with Gasteiger partial charge >= 0.3 is 0 Å². The van der Waals surface area contributed by atoms with E-state index in [4.69, 9.17) is 9.98 Å². The van der Waals surface area contributed by atoms with Crippen molar-refractivity contribution in [3.8, 4) is 33.4 Å².